The molecule has 2 unspecified atom stereocenters. The molecule has 0 saturated carbocycles. The topological polar surface area (TPSA) is 153 Å². The fraction of sp³-hybridized carbons (Fsp3) is 0.333. The van der Waals surface area contributed by atoms with Crippen LogP contribution in [0.4, 0.5) is 5.69 Å². The molecule has 0 spiro atoms. The molecule has 0 aliphatic carbocycles. The largest absolute Gasteiger partial charge is 0.481 e. The highest BCUT2D eigenvalue weighted by molar-refractivity contribution is 5.82. The molecule has 0 amide bonds. The van der Waals surface area contributed by atoms with Gasteiger partial charge in [-0.25, -0.2) is 4.98 Å². The minimum atomic E-state index is -0.946. The van der Waals surface area contributed by atoms with E-state index in [0.717, 1.165) is 0 Å². The highest BCUT2D eigenvalue weighted by Crippen LogP contribution is 2.27. The van der Waals surface area contributed by atoms with Crippen LogP contribution < -0.4 is 11.1 Å². The van der Waals surface area contributed by atoms with E-state index in [-0.39, 0.29) is 29.4 Å². The van der Waals surface area contributed by atoms with Crippen molar-refractivity contribution in [2.45, 2.75) is 26.8 Å². The average molecular weight is 401 g/mol. The van der Waals surface area contributed by atoms with Gasteiger partial charge in [0.2, 0.25) is 0 Å². The summed E-state index contributed by atoms with van der Waals surface area (Å²) in [4.78, 5) is 52.9. The van der Waals surface area contributed by atoms with E-state index in [9.17, 15) is 24.5 Å². The molecular formula is C18H19N5O6. The Morgan fingerprint density at radius 2 is 2.07 bits per heavy atom. The molecule has 0 bridgehead atoms. The summed E-state index contributed by atoms with van der Waals surface area (Å²) in [7, 11) is 0. The van der Waals surface area contributed by atoms with Gasteiger partial charge in [-0.15, -0.1) is 0 Å². The van der Waals surface area contributed by atoms with Crippen LogP contribution in [-0.2, 0) is 11.3 Å². The Hall–Kier alpha value is -3.76. The molecule has 2 N–H and O–H groups in total. The van der Waals surface area contributed by atoms with E-state index in [1.165, 1.54) is 40.0 Å². The Labute approximate surface area is 163 Å². The molecule has 1 aromatic carbocycles. The van der Waals surface area contributed by atoms with Crippen LogP contribution in [0.5, 0.6) is 0 Å². The Kier molecular flexibility index (Phi) is 5.31. The Morgan fingerprint density at radius 3 is 2.66 bits per heavy atom. The lowest BCUT2D eigenvalue weighted by Crippen LogP contribution is -2.37. The van der Waals surface area contributed by atoms with Gasteiger partial charge in [-0.05, 0) is 18.4 Å². The normalized spacial score (nSPS) is 13.3. The highest BCUT2D eigenvalue weighted by Gasteiger charge is 2.21. The van der Waals surface area contributed by atoms with E-state index >= 15 is 0 Å². The second-order valence-electron chi connectivity index (χ2n) is 7.04. The van der Waals surface area contributed by atoms with Crippen molar-refractivity contribution in [2.75, 3.05) is 0 Å². The number of imidazole rings is 1. The van der Waals surface area contributed by atoms with Gasteiger partial charge in [0.05, 0.1) is 28.2 Å². The minimum absolute atomic E-state index is 0.0953. The van der Waals surface area contributed by atoms with Gasteiger partial charge in [0.1, 0.15) is 5.69 Å². The van der Waals surface area contributed by atoms with E-state index in [4.69, 9.17) is 5.11 Å². The van der Waals surface area contributed by atoms with Crippen LogP contribution in [0.1, 0.15) is 20.3 Å². The van der Waals surface area contributed by atoms with Crippen molar-refractivity contribution in [1.29, 1.82) is 0 Å². The monoisotopic (exact) mass is 401 g/mol. The maximum atomic E-state index is 12.5. The van der Waals surface area contributed by atoms with Crippen molar-refractivity contribution < 1.29 is 14.8 Å². The number of rotatable bonds is 7. The molecule has 0 radical (unpaired) electrons. The van der Waals surface area contributed by atoms with Gasteiger partial charge in [0, 0.05) is 25.0 Å². The number of nitro groups is 1. The molecule has 29 heavy (non-hydrogen) atoms. The molecular weight excluding hydrogens is 382 g/mol. The van der Waals surface area contributed by atoms with Crippen LogP contribution in [0.25, 0.3) is 16.7 Å². The van der Waals surface area contributed by atoms with Crippen LogP contribution >= 0.6 is 0 Å². The molecule has 152 valence electrons. The summed E-state index contributed by atoms with van der Waals surface area (Å²) < 4.78 is 2.67. The number of H-pyrrole nitrogens is 1. The molecule has 2 heterocycles. The minimum Gasteiger partial charge on any atom is -0.481 e. The number of hydrogen-bond donors (Lipinski definition) is 2. The summed E-state index contributed by atoms with van der Waals surface area (Å²) in [5.74, 6) is -1.79. The lowest BCUT2D eigenvalue weighted by atomic mass is 9.97. The van der Waals surface area contributed by atoms with E-state index < -0.39 is 27.9 Å². The van der Waals surface area contributed by atoms with Crippen LogP contribution in [0.3, 0.4) is 0 Å². The van der Waals surface area contributed by atoms with Crippen molar-refractivity contribution in [1.82, 2.24) is 19.1 Å². The fourth-order valence-electron chi connectivity index (χ4n) is 3.32. The number of fused-ring (bicyclic) bond motifs is 1. The lowest BCUT2D eigenvalue weighted by Gasteiger charge is -2.17. The van der Waals surface area contributed by atoms with Crippen molar-refractivity contribution >= 4 is 22.7 Å². The standard InChI is InChI=1S/C18H19N5O6/c1-10(5-11(2)18(26)27)8-22-13-7-14(21-4-3-19-9-21)15(23(28)29)6-12(13)20-16(24)17(22)25/h3-4,6-7,9-11H,5,8H2,1-2H3,(H,20,24)(H,26,27). The molecule has 2 aromatic heterocycles. The van der Waals surface area contributed by atoms with Gasteiger partial charge in [-0.3, -0.25) is 24.5 Å². The Morgan fingerprint density at radius 1 is 1.34 bits per heavy atom. The fourth-order valence-corrected chi connectivity index (χ4v) is 3.32. The number of nitrogens with zero attached hydrogens (tertiary/aromatic N) is 4. The van der Waals surface area contributed by atoms with Crippen molar-refractivity contribution in [2.24, 2.45) is 11.8 Å². The van der Waals surface area contributed by atoms with E-state index in [0.29, 0.717) is 11.9 Å². The van der Waals surface area contributed by atoms with Gasteiger partial charge < -0.3 is 19.2 Å². The quantitative estimate of drug-likeness (QED) is 0.346. The first-order valence-corrected chi connectivity index (χ1v) is 8.85. The zero-order chi connectivity index (χ0) is 21.3. The number of aliphatic carboxylic acids is 1. The summed E-state index contributed by atoms with van der Waals surface area (Å²) in [6, 6.07) is 2.65. The molecule has 3 aromatic rings. The van der Waals surface area contributed by atoms with Gasteiger partial charge in [-0.1, -0.05) is 13.8 Å². The number of carbonyl (C=O) groups is 1. The molecule has 2 atom stereocenters. The third-order valence-electron chi connectivity index (χ3n) is 4.72. The van der Waals surface area contributed by atoms with Crippen LogP contribution in [0, 0.1) is 22.0 Å². The molecule has 0 fully saturated rings. The number of aromatic amines is 1. The first-order valence-electron chi connectivity index (χ1n) is 8.85. The predicted octanol–water partition coefficient (Wildman–Crippen LogP) is 1.53. The first-order chi connectivity index (χ1) is 13.7. The number of hydrogen-bond acceptors (Lipinski definition) is 6. The Bertz CT molecular complexity index is 1190. The lowest BCUT2D eigenvalue weighted by molar-refractivity contribution is -0.384. The van der Waals surface area contributed by atoms with Crippen LogP contribution in [0.2, 0.25) is 0 Å². The maximum Gasteiger partial charge on any atom is 0.316 e. The average Bonchev–Trinajstić information content (AvgIpc) is 3.18. The summed E-state index contributed by atoms with van der Waals surface area (Å²) in [6.07, 6.45) is 4.68. The van der Waals surface area contributed by atoms with Gasteiger partial charge in [0.25, 0.3) is 5.69 Å². The zero-order valence-electron chi connectivity index (χ0n) is 15.7. The second-order valence-corrected chi connectivity index (χ2v) is 7.04. The Balaban J connectivity index is 2.19. The number of benzene rings is 1. The SMILES string of the molecule is CC(CC(C)C(=O)O)Cn1c(=O)c(=O)[nH]c2cc([N+](=O)[O-])c(-n3ccnc3)cc21. The number of nitro benzene ring substituents is 1. The van der Waals surface area contributed by atoms with E-state index in [2.05, 4.69) is 9.97 Å². The van der Waals surface area contributed by atoms with E-state index in [1.807, 2.05) is 0 Å². The molecule has 0 aliphatic heterocycles. The number of carboxylic acids is 1. The van der Waals surface area contributed by atoms with Crippen molar-refractivity contribution in [3.05, 3.63) is 61.7 Å². The number of carboxylic acid groups (broad SMARTS) is 1. The van der Waals surface area contributed by atoms with Crippen LogP contribution in [0.15, 0.2) is 40.4 Å². The third kappa shape index (κ3) is 3.93. The summed E-state index contributed by atoms with van der Waals surface area (Å²) >= 11 is 0. The molecule has 0 aliphatic rings. The second kappa shape index (κ2) is 7.70. The third-order valence-corrected chi connectivity index (χ3v) is 4.72. The molecule has 3 rings (SSSR count). The number of aromatic nitrogens is 4. The zero-order valence-corrected chi connectivity index (χ0v) is 15.7. The molecule has 0 saturated heterocycles. The molecule has 11 heteroatoms. The summed E-state index contributed by atoms with van der Waals surface area (Å²) in [6.45, 7) is 3.44. The van der Waals surface area contributed by atoms with Crippen molar-refractivity contribution in [3.63, 3.8) is 0 Å². The van der Waals surface area contributed by atoms with Gasteiger partial charge in [-0.2, -0.15) is 0 Å². The number of nitrogens with one attached hydrogen (secondary N) is 1. The summed E-state index contributed by atoms with van der Waals surface area (Å²) in [5, 5.41) is 20.6. The van der Waals surface area contributed by atoms with Crippen molar-refractivity contribution in [3.8, 4) is 5.69 Å². The van der Waals surface area contributed by atoms with Gasteiger partial charge in [0.15, 0.2) is 0 Å². The smallest absolute Gasteiger partial charge is 0.316 e. The highest BCUT2D eigenvalue weighted by atomic mass is 16.6. The first kappa shape index (κ1) is 20.0. The van der Waals surface area contributed by atoms with Crippen LogP contribution in [-0.4, -0.2) is 35.1 Å². The summed E-state index contributed by atoms with van der Waals surface area (Å²) in [5.41, 5.74) is -1.34. The maximum absolute atomic E-state index is 12.5. The molecule has 11 nitrogen and oxygen atoms in total. The van der Waals surface area contributed by atoms with E-state index in [1.54, 1.807) is 13.8 Å². The van der Waals surface area contributed by atoms with Gasteiger partial charge >= 0.3 is 17.1 Å². The predicted molar refractivity (Wildman–Crippen MR) is 103 cm³/mol.